The molecule has 0 radical (unpaired) electrons. The summed E-state index contributed by atoms with van der Waals surface area (Å²) < 4.78 is 3.72. The van der Waals surface area contributed by atoms with E-state index in [9.17, 15) is 9.59 Å². The van der Waals surface area contributed by atoms with Crippen LogP contribution in [0.5, 0.6) is 0 Å². The molecule has 1 saturated heterocycles. The molecule has 1 aromatic heterocycles. The Kier molecular flexibility index (Phi) is 3.37. The second-order valence-corrected chi connectivity index (χ2v) is 4.87. The summed E-state index contributed by atoms with van der Waals surface area (Å²) in [5, 5.41) is 12.8. The van der Waals surface area contributed by atoms with E-state index in [1.807, 2.05) is 0 Å². The predicted molar refractivity (Wildman–Crippen MR) is 60.9 cm³/mol. The molecule has 17 heavy (non-hydrogen) atoms. The number of carbonyl (C=O) groups is 2. The summed E-state index contributed by atoms with van der Waals surface area (Å²) in [4.78, 5) is 25.1. The van der Waals surface area contributed by atoms with Crippen molar-refractivity contribution in [3.05, 3.63) is 10.6 Å². The first kappa shape index (κ1) is 12.0. The van der Waals surface area contributed by atoms with Crippen molar-refractivity contribution >= 4 is 23.4 Å². The number of piperidine rings is 1. The van der Waals surface area contributed by atoms with Gasteiger partial charge in [0.05, 0.1) is 11.6 Å². The average molecular weight is 255 g/mol. The van der Waals surface area contributed by atoms with Gasteiger partial charge in [0, 0.05) is 13.1 Å². The van der Waals surface area contributed by atoms with E-state index in [2.05, 4.69) is 9.59 Å². The summed E-state index contributed by atoms with van der Waals surface area (Å²) in [7, 11) is 0. The van der Waals surface area contributed by atoms with Crippen molar-refractivity contribution in [2.75, 3.05) is 13.1 Å². The van der Waals surface area contributed by atoms with E-state index in [0.717, 1.165) is 18.0 Å². The van der Waals surface area contributed by atoms with Gasteiger partial charge in [0.1, 0.15) is 4.88 Å². The Bertz CT molecular complexity index is 446. The molecule has 0 spiro atoms. The van der Waals surface area contributed by atoms with Crippen LogP contribution in [-0.2, 0) is 4.79 Å². The second kappa shape index (κ2) is 4.79. The largest absolute Gasteiger partial charge is 0.481 e. The minimum absolute atomic E-state index is 0.150. The molecule has 1 aliphatic heterocycles. The first-order valence-electron chi connectivity index (χ1n) is 5.40. The van der Waals surface area contributed by atoms with Crippen molar-refractivity contribution in [1.82, 2.24) is 14.5 Å². The standard InChI is InChI=1S/C10H13N3O3S/c1-6-8(17-12-11-6)9(14)13-4-2-3-7(5-13)10(15)16/h7H,2-5H2,1H3,(H,15,16)/t7-/m1/s1. The molecule has 2 rings (SSSR count). The number of aryl methyl sites for hydroxylation is 1. The molecule has 0 saturated carbocycles. The van der Waals surface area contributed by atoms with Gasteiger partial charge >= 0.3 is 5.97 Å². The molecule has 7 heteroatoms. The highest BCUT2D eigenvalue weighted by molar-refractivity contribution is 7.07. The maximum absolute atomic E-state index is 12.1. The summed E-state index contributed by atoms with van der Waals surface area (Å²) in [5.41, 5.74) is 0.609. The minimum Gasteiger partial charge on any atom is -0.481 e. The van der Waals surface area contributed by atoms with Crippen LogP contribution in [0, 0.1) is 12.8 Å². The summed E-state index contributed by atoms with van der Waals surface area (Å²) in [5.74, 6) is -1.43. The fourth-order valence-corrected chi connectivity index (χ4v) is 2.56. The lowest BCUT2D eigenvalue weighted by Crippen LogP contribution is -2.42. The Balaban J connectivity index is 2.10. The molecule has 1 fully saturated rings. The molecular weight excluding hydrogens is 242 g/mol. The molecule has 6 nitrogen and oxygen atoms in total. The Hall–Kier alpha value is -1.50. The highest BCUT2D eigenvalue weighted by Gasteiger charge is 2.30. The quantitative estimate of drug-likeness (QED) is 0.844. The van der Waals surface area contributed by atoms with Gasteiger partial charge < -0.3 is 10.0 Å². The number of carbonyl (C=O) groups excluding carboxylic acids is 1. The van der Waals surface area contributed by atoms with Gasteiger partial charge in [-0.25, -0.2) is 0 Å². The third kappa shape index (κ3) is 2.44. The molecule has 1 aromatic rings. The van der Waals surface area contributed by atoms with E-state index in [1.165, 1.54) is 0 Å². The van der Waals surface area contributed by atoms with E-state index in [0.29, 0.717) is 23.5 Å². The summed E-state index contributed by atoms with van der Waals surface area (Å²) in [6, 6.07) is 0. The van der Waals surface area contributed by atoms with Gasteiger partial charge in [-0.3, -0.25) is 9.59 Å². The summed E-state index contributed by atoms with van der Waals surface area (Å²) in [6.07, 6.45) is 1.37. The van der Waals surface area contributed by atoms with Crippen molar-refractivity contribution in [3.8, 4) is 0 Å². The van der Waals surface area contributed by atoms with E-state index >= 15 is 0 Å². The topological polar surface area (TPSA) is 83.4 Å². The van der Waals surface area contributed by atoms with Crippen LogP contribution in [0.1, 0.15) is 28.2 Å². The molecule has 92 valence electrons. The van der Waals surface area contributed by atoms with Crippen LogP contribution in [0.15, 0.2) is 0 Å². The number of hydrogen-bond acceptors (Lipinski definition) is 5. The van der Waals surface area contributed by atoms with E-state index in [1.54, 1.807) is 11.8 Å². The fraction of sp³-hybridized carbons (Fsp3) is 0.600. The lowest BCUT2D eigenvalue weighted by atomic mass is 9.98. The Morgan fingerprint density at radius 1 is 1.53 bits per heavy atom. The number of aromatic nitrogens is 2. The number of carboxylic acids is 1. The molecular formula is C10H13N3O3S. The molecule has 0 unspecified atom stereocenters. The Morgan fingerprint density at radius 3 is 2.88 bits per heavy atom. The van der Waals surface area contributed by atoms with Crippen molar-refractivity contribution in [3.63, 3.8) is 0 Å². The molecule has 0 bridgehead atoms. The van der Waals surface area contributed by atoms with E-state index in [-0.39, 0.29) is 12.5 Å². The molecule has 1 amide bonds. The van der Waals surface area contributed by atoms with Gasteiger partial charge in [0.2, 0.25) is 0 Å². The number of amides is 1. The maximum atomic E-state index is 12.1. The zero-order chi connectivity index (χ0) is 12.4. The van der Waals surface area contributed by atoms with Gasteiger partial charge in [0.25, 0.3) is 5.91 Å². The zero-order valence-corrected chi connectivity index (χ0v) is 10.2. The SMILES string of the molecule is Cc1nnsc1C(=O)N1CCC[C@@H](C(=O)O)C1. The molecule has 0 aromatic carbocycles. The number of hydrogen-bond donors (Lipinski definition) is 1. The van der Waals surface area contributed by atoms with Crippen LogP contribution in [0.3, 0.4) is 0 Å². The van der Waals surface area contributed by atoms with Gasteiger partial charge in [-0.15, -0.1) is 5.10 Å². The molecule has 2 heterocycles. The van der Waals surface area contributed by atoms with Gasteiger partial charge in [-0.1, -0.05) is 4.49 Å². The van der Waals surface area contributed by atoms with Gasteiger partial charge in [-0.2, -0.15) is 0 Å². The summed E-state index contributed by atoms with van der Waals surface area (Å²) in [6.45, 7) is 2.63. The molecule has 1 aliphatic rings. The van der Waals surface area contributed by atoms with Crippen LogP contribution in [0.25, 0.3) is 0 Å². The van der Waals surface area contributed by atoms with Crippen LogP contribution in [0.4, 0.5) is 0 Å². The fourth-order valence-electron chi connectivity index (χ4n) is 1.93. The van der Waals surface area contributed by atoms with E-state index < -0.39 is 11.9 Å². The first-order valence-corrected chi connectivity index (χ1v) is 6.18. The van der Waals surface area contributed by atoms with Crippen molar-refractivity contribution in [2.45, 2.75) is 19.8 Å². The van der Waals surface area contributed by atoms with Crippen molar-refractivity contribution < 1.29 is 14.7 Å². The number of likely N-dealkylation sites (tertiary alicyclic amines) is 1. The number of nitrogens with zero attached hydrogens (tertiary/aromatic N) is 3. The Labute approximate surface area is 102 Å². The normalized spacial score (nSPS) is 20.3. The van der Waals surface area contributed by atoms with Gasteiger partial charge in [-0.05, 0) is 31.3 Å². The minimum atomic E-state index is -0.832. The number of carboxylic acid groups (broad SMARTS) is 1. The van der Waals surface area contributed by atoms with Gasteiger partial charge in [0.15, 0.2) is 0 Å². The lowest BCUT2D eigenvalue weighted by molar-refractivity contribution is -0.143. The maximum Gasteiger partial charge on any atom is 0.308 e. The third-order valence-electron chi connectivity index (χ3n) is 2.90. The summed E-state index contributed by atoms with van der Waals surface area (Å²) >= 11 is 1.06. The highest BCUT2D eigenvalue weighted by atomic mass is 32.1. The molecule has 1 atom stereocenters. The predicted octanol–water partition coefficient (Wildman–Crippen LogP) is 0.783. The number of rotatable bonds is 2. The number of aliphatic carboxylic acids is 1. The van der Waals surface area contributed by atoms with E-state index in [4.69, 9.17) is 5.11 Å². The van der Waals surface area contributed by atoms with Crippen LogP contribution < -0.4 is 0 Å². The highest BCUT2D eigenvalue weighted by Crippen LogP contribution is 2.20. The molecule has 0 aliphatic carbocycles. The molecule has 1 N–H and O–H groups in total. The lowest BCUT2D eigenvalue weighted by Gasteiger charge is -2.30. The van der Waals surface area contributed by atoms with Crippen LogP contribution >= 0.6 is 11.5 Å². The second-order valence-electron chi connectivity index (χ2n) is 4.12. The average Bonchev–Trinajstić information content (AvgIpc) is 2.74. The Morgan fingerprint density at radius 2 is 2.29 bits per heavy atom. The third-order valence-corrected chi connectivity index (χ3v) is 3.72. The smallest absolute Gasteiger partial charge is 0.308 e. The monoisotopic (exact) mass is 255 g/mol. The van der Waals surface area contributed by atoms with Crippen LogP contribution in [-0.4, -0.2) is 44.6 Å². The van der Waals surface area contributed by atoms with Crippen molar-refractivity contribution in [2.24, 2.45) is 5.92 Å². The van der Waals surface area contributed by atoms with Crippen LogP contribution in [0.2, 0.25) is 0 Å². The van der Waals surface area contributed by atoms with Crippen molar-refractivity contribution in [1.29, 1.82) is 0 Å². The first-order chi connectivity index (χ1) is 8.09. The zero-order valence-electron chi connectivity index (χ0n) is 9.42.